The zero-order valence-electron chi connectivity index (χ0n) is 10.2. The summed E-state index contributed by atoms with van der Waals surface area (Å²) in [6, 6.07) is 6.05. The van der Waals surface area contributed by atoms with E-state index in [2.05, 4.69) is 20.9 Å². The fourth-order valence-corrected chi connectivity index (χ4v) is 3.48. The summed E-state index contributed by atoms with van der Waals surface area (Å²) in [4.78, 5) is 3.88. The number of rotatable bonds is 4. The van der Waals surface area contributed by atoms with E-state index in [9.17, 15) is 8.42 Å². The van der Waals surface area contributed by atoms with E-state index < -0.39 is 9.05 Å². The molecule has 0 aliphatic rings. The highest BCUT2D eigenvalue weighted by Crippen LogP contribution is 2.35. The molecule has 0 atom stereocenters. The summed E-state index contributed by atoms with van der Waals surface area (Å²) in [7, 11) is 1.29. The molecule has 1 heterocycles. The Morgan fingerprint density at radius 2 is 1.90 bits per heavy atom. The van der Waals surface area contributed by atoms with Gasteiger partial charge < -0.3 is 4.74 Å². The largest absolute Gasteiger partial charge is 0.486 e. The van der Waals surface area contributed by atoms with Crippen LogP contribution in [0.3, 0.4) is 0 Å². The molecule has 1 aromatic carbocycles. The summed E-state index contributed by atoms with van der Waals surface area (Å²) in [5, 5.41) is 0.0314. The number of hydrogen-bond donors (Lipinski definition) is 0. The fourth-order valence-electron chi connectivity index (χ4n) is 1.45. The van der Waals surface area contributed by atoms with Gasteiger partial charge >= 0.3 is 0 Å². The molecule has 0 N–H and O–H groups in total. The zero-order chi connectivity index (χ0) is 15.6. The van der Waals surface area contributed by atoms with Crippen molar-refractivity contribution in [1.82, 2.24) is 4.98 Å². The second-order valence-electron chi connectivity index (χ2n) is 3.91. The van der Waals surface area contributed by atoms with Crippen molar-refractivity contribution in [2.24, 2.45) is 0 Å². The number of hydrogen-bond acceptors (Lipinski definition) is 4. The second kappa shape index (κ2) is 6.71. The molecule has 21 heavy (non-hydrogen) atoms. The van der Waals surface area contributed by atoms with Gasteiger partial charge in [0, 0.05) is 27.4 Å². The molecule has 1 aromatic heterocycles. The molecule has 0 amide bonds. The predicted octanol–water partition coefficient (Wildman–Crippen LogP) is 4.66. The molecule has 0 spiro atoms. The molecule has 0 unspecified atom stereocenters. The number of aromatic nitrogens is 1. The van der Waals surface area contributed by atoms with Gasteiger partial charge in [-0.15, -0.1) is 0 Å². The van der Waals surface area contributed by atoms with E-state index in [4.69, 9.17) is 38.6 Å². The van der Waals surface area contributed by atoms with Crippen molar-refractivity contribution in [3.05, 3.63) is 50.7 Å². The second-order valence-corrected chi connectivity index (χ2v) is 8.17. The highest BCUT2D eigenvalue weighted by Gasteiger charge is 2.18. The summed E-state index contributed by atoms with van der Waals surface area (Å²) in [5.41, 5.74) is 0.680. The molecular formula is C12H7BrCl3NO3S. The van der Waals surface area contributed by atoms with Crippen LogP contribution in [0.15, 0.2) is 39.8 Å². The Hall–Kier alpha value is -0.530. The minimum Gasteiger partial charge on any atom is -0.486 e. The van der Waals surface area contributed by atoms with Crippen LogP contribution in [-0.2, 0) is 15.7 Å². The lowest BCUT2D eigenvalue weighted by molar-refractivity contribution is 0.301. The average molecular weight is 432 g/mol. The molecule has 0 fully saturated rings. The quantitative estimate of drug-likeness (QED) is 0.661. The number of halogens is 4. The van der Waals surface area contributed by atoms with E-state index in [1.807, 2.05) is 6.07 Å². The minimum absolute atomic E-state index is 0.0619. The maximum Gasteiger partial charge on any atom is 0.262 e. The third kappa shape index (κ3) is 4.47. The lowest BCUT2D eigenvalue weighted by atomic mass is 10.3. The highest BCUT2D eigenvalue weighted by atomic mass is 79.9. The number of nitrogens with zero attached hydrogens (tertiary/aromatic N) is 1. The summed E-state index contributed by atoms with van der Waals surface area (Å²) < 4.78 is 28.9. The van der Waals surface area contributed by atoms with Crippen molar-refractivity contribution in [3.8, 4) is 5.75 Å². The summed E-state index contributed by atoms with van der Waals surface area (Å²) in [5.74, 6) is 0.246. The van der Waals surface area contributed by atoms with Crippen LogP contribution < -0.4 is 4.74 Å². The molecule has 0 radical (unpaired) electrons. The maximum absolute atomic E-state index is 11.3. The molecule has 9 heteroatoms. The predicted molar refractivity (Wildman–Crippen MR) is 85.8 cm³/mol. The highest BCUT2D eigenvalue weighted by molar-refractivity contribution is 9.10. The maximum atomic E-state index is 11.3. The van der Waals surface area contributed by atoms with Gasteiger partial charge in [0.25, 0.3) is 9.05 Å². The van der Waals surface area contributed by atoms with Gasteiger partial charge in [-0.2, -0.15) is 0 Å². The van der Waals surface area contributed by atoms with Crippen LogP contribution in [-0.4, -0.2) is 13.4 Å². The lowest BCUT2D eigenvalue weighted by Gasteiger charge is -2.10. The van der Waals surface area contributed by atoms with Gasteiger partial charge in [-0.25, -0.2) is 8.42 Å². The van der Waals surface area contributed by atoms with E-state index in [1.54, 1.807) is 12.3 Å². The van der Waals surface area contributed by atoms with Crippen molar-refractivity contribution in [1.29, 1.82) is 0 Å². The molecule has 0 bridgehead atoms. The first-order valence-corrected chi connectivity index (χ1v) is 9.30. The molecule has 112 valence electrons. The Morgan fingerprint density at radius 1 is 1.19 bits per heavy atom. The van der Waals surface area contributed by atoms with Gasteiger partial charge in [-0.3, -0.25) is 4.98 Å². The van der Waals surface area contributed by atoms with Gasteiger partial charge in [-0.1, -0.05) is 23.2 Å². The first-order chi connectivity index (χ1) is 9.77. The smallest absolute Gasteiger partial charge is 0.262 e. The number of benzene rings is 1. The van der Waals surface area contributed by atoms with Crippen LogP contribution in [0.5, 0.6) is 5.75 Å². The van der Waals surface area contributed by atoms with Gasteiger partial charge in [0.2, 0.25) is 0 Å². The van der Waals surface area contributed by atoms with E-state index in [0.29, 0.717) is 5.69 Å². The van der Waals surface area contributed by atoms with Crippen molar-refractivity contribution in [3.63, 3.8) is 0 Å². The summed E-state index contributed by atoms with van der Waals surface area (Å²) in [6.45, 7) is 0.163. The topological polar surface area (TPSA) is 56.3 Å². The molecule has 0 aliphatic heterocycles. The molecule has 0 saturated carbocycles. The fraction of sp³-hybridized carbons (Fsp3) is 0.0833. The van der Waals surface area contributed by atoms with Gasteiger partial charge in [-0.05, 0) is 34.1 Å². The molecule has 2 aromatic rings. The van der Waals surface area contributed by atoms with Gasteiger partial charge in [0.15, 0.2) is 0 Å². The summed E-state index contributed by atoms with van der Waals surface area (Å²) in [6.07, 6.45) is 1.64. The molecule has 4 nitrogen and oxygen atoms in total. The van der Waals surface area contributed by atoms with Crippen LogP contribution >= 0.6 is 49.8 Å². The van der Waals surface area contributed by atoms with Gasteiger partial charge in [0.05, 0.1) is 15.7 Å². The molecule has 2 rings (SSSR count). The third-order valence-electron chi connectivity index (χ3n) is 2.41. The van der Waals surface area contributed by atoms with Crippen molar-refractivity contribution < 1.29 is 13.2 Å². The Labute approximate surface area is 144 Å². The van der Waals surface area contributed by atoms with Crippen molar-refractivity contribution >= 4 is 58.9 Å². The van der Waals surface area contributed by atoms with Crippen LogP contribution in [0.4, 0.5) is 0 Å². The van der Waals surface area contributed by atoms with Crippen LogP contribution in [0.1, 0.15) is 5.69 Å². The van der Waals surface area contributed by atoms with Crippen molar-refractivity contribution in [2.75, 3.05) is 0 Å². The third-order valence-corrected chi connectivity index (χ3v) is 4.96. The first kappa shape index (κ1) is 16.8. The molecule has 0 aliphatic carbocycles. The van der Waals surface area contributed by atoms with E-state index in [1.165, 1.54) is 6.07 Å². The Kier molecular flexibility index (Phi) is 5.38. The SMILES string of the molecule is O=S(=O)(Cl)c1cc(Cl)c(OCc2ccc(Br)cn2)cc1Cl. The van der Waals surface area contributed by atoms with Crippen LogP contribution in [0.25, 0.3) is 0 Å². The summed E-state index contributed by atoms with van der Waals surface area (Å²) >= 11 is 15.1. The molecule has 0 saturated heterocycles. The van der Waals surface area contributed by atoms with Crippen LogP contribution in [0, 0.1) is 0 Å². The molecular weight excluding hydrogens is 424 g/mol. The van der Waals surface area contributed by atoms with E-state index >= 15 is 0 Å². The van der Waals surface area contributed by atoms with E-state index in [0.717, 1.165) is 10.5 Å². The normalized spacial score (nSPS) is 11.4. The van der Waals surface area contributed by atoms with Crippen LogP contribution in [0.2, 0.25) is 10.0 Å². The Bertz CT molecular complexity index is 766. The zero-order valence-corrected chi connectivity index (χ0v) is 14.9. The average Bonchev–Trinajstić information content (AvgIpc) is 2.40. The van der Waals surface area contributed by atoms with Gasteiger partial charge in [0.1, 0.15) is 17.3 Å². The Morgan fingerprint density at radius 3 is 2.48 bits per heavy atom. The first-order valence-electron chi connectivity index (χ1n) is 5.44. The number of pyridine rings is 1. The Balaban J connectivity index is 2.21. The monoisotopic (exact) mass is 429 g/mol. The van der Waals surface area contributed by atoms with E-state index in [-0.39, 0.29) is 27.3 Å². The standard InChI is InChI=1S/C12H7BrCl3NO3S/c13-7-1-2-8(17-5-7)6-20-11-3-10(15)12(4-9(11)14)21(16,18)19/h1-5H,6H2. The lowest BCUT2D eigenvalue weighted by Crippen LogP contribution is -2.00. The minimum atomic E-state index is -3.96. The van der Waals surface area contributed by atoms with Crippen molar-refractivity contribution in [2.45, 2.75) is 11.5 Å². The number of ether oxygens (including phenoxy) is 1.